The number of rotatable bonds is 4. The summed E-state index contributed by atoms with van der Waals surface area (Å²) in [7, 11) is 0. The van der Waals surface area contributed by atoms with Crippen molar-refractivity contribution in [1.82, 2.24) is 15.1 Å². The van der Waals surface area contributed by atoms with Gasteiger partial charge in [0.05, 0.1) is 18.0 Å². The van der Waals surface area contributed by atoms with Gasteiger partial charge in [0, 0.05) is 11.9 Å². The second-order valence-electron chi connectivity index (χ2n) is 3.16. The highest BCUT2D eigenvalue weighted by Crippen LogP contribution is 2.18. The van der Waals surface area contributed by atoms with Crippen LogP contribution in [-0.2, 0) is 0 Å². The van der Waals surface area contributed by atoms with Crippen molar-refractivity contribution in [3.8, 4) is 0 Å². The minimum atomic E-state index is -4.42. The molecule has 0 fully saturated rings. The summed E-state index contributed by atoms with van der Waals surface area (Å²) in [5, 5.41) is 7.18. The molecule has 1 heterocycles. The van der Waals surface area contributed by atoms with E-state index in [0.29, 0.717) is 4.90 Å². The van der Waals surface area contributed by atoms with Gasteiger partial charge < -0.3 is 4.90 Å². The first kappa shape index (κ1) is 13.9. The molecule has 0 aliphatic carbocycles. The number of carbonyl (C=O) groups excluding carboxylic acids is 1. The van der Waals surface area contributed by atoms with Gasteiger partial charge in [-0.1, -0.05) is 15.9 Å². The standard InChI is InChI=1S/C9H9BrF3N3O/c10-2-4-16(6-9(11,12)13)8(17)7-1-3-14-15-5-7/h1,3,5H,2,4,6H2. The number of aromatic nitrogens is 2. The molecule has 0 N–H and O–H groups in total. The number of nitrogens with zero attached hydrogens (tertiary/aromatic N) is 3. The largest absolute Gasteiger partial charge is 0.406 e. The maximum absolute atomic E-state index is 12.3. The fraction of sp³-hybridized carbons (Fsp3) is 0.444. The second-order valence-corrected chi connectivity index (χ2v) is 3.95. The van der Waals surface area contributed by atoms with Gasteiger partial charge in [0.2, 0.25) is 0 Å². The fourth-order valence-corrected chi connectivity index (χ4v) is 1.60. The van der Waals surface area contributed by atoms with E-state index in [9.17, 15) is 18.0 Å². The molecular weight excluding hydrogens is 303 g/mol. The number of hydrogen-bond donors (Lipinski definition) is 0. The lowest BCUT2D eigenvalue weighted by Gasteiger charge is -2.22. The highest BCUT2D eigenvalue weighted by Gasteiger charge is 2.33. The lowest BCUT2D eigenvalue weighted by molar-refractivity contribution is -0.140. The molecule has 1 aromatic rings. The van der Waals surface area contributed by atoms with Crippen molar-refractivity contribution in [2.45, 2.75) is 6.18 Å². The first-order valence-corrected chi connectivity index (χ1v) is 5.75. The molecule has 0 unspecified atom stereocenters. The van der Waals surface area contributed by atoms with E-state index < -0.39 is 18.6 Å². The van der Waals surface area contributed by atoms with Crippen molar-refractivity contribution in [3.05, 3.63) is 24.0 Å². The Morgan fingerprint density at radius 2 is 2.12 bits per heavy atom. The normalized spacial score (nSPS) is 11.3. The van der Waals surface area contributed by atoms with Crippen LogP contribution in [0.25, 0.3) is 0 Å². The first-order chi connectivity index (χ1) is 7.94. The molecule has 1 amide bonds. The van der Waals surface area contributed by atoms with Gasteiger partial charge in [-0.15, -0.1) is 0 Å². The highest BCUT2D eigenvalue weighted by molar-refractivity contribution is 9.09. The minimum absolute atomic E-state index is 0.0271. The molecule has 0 aliphatic rings. The number of alkyl halides is 4. The molecule has 0 saturated carbocycles. The summed E-state index contributed by atoms with van der Waals surface area (Å²) >= 11 is 3.01. The maximum atomic E-state index is 12.3. The third-order valence-electron chi connectivity index (χ3n) is 1.84. The molecule has 17 heavy (non-hydrogen) atoms. The zero-order valence-corrected chi connectivity index (χ0v) is 10.2. The first-order valence-electron chi connectivity index (χ1n) is 4.63. The predicted molar refractivity (Wildman–Crippen MR) is 57.8 cm³/mol. The zero-order valence-electron chi connectivity index (χ0n) is 8.62. The van der Waals surface area contributed by atoms with Crippen LogP contribution in [0.2, 0.25) is 0 Å². The van der Waals surface area contributed by atoms with Crippen LogP contribution in [0.1, 0.15) is 10.4 Å². The van der Waals surface area contributed by atoms with Gasteiger partial charge in [-0.2, -0.15) is 23.4 Å². The molecule has 1 aromatic heterocycles. The Morgan fingerprint density at radius 1 is 1.41 bits per heavy atom. The Balaban J connectivity index is 2.81. The van der Waals surface area contributed by atoms with Crippen LogP contribution in [0.5, 0.6) is 0 Å². The smallest absolute Gasteiger partial charge is 0.329 e. The molecule has 94 valence electrons. The summed E-state index contributed by atoms with van der Waals surface area (Å²) < 4.78 is 36.8. The molecule has 4 nitrogen and oxygen atoms in total. The molecule has 0 atom stereocenters. The lowest BCUT2D eigenvalue weighted by atomic mass is 10.2. The molecule has 0 aromatic carbocycles. The fourth-order valence-electron chi connectivity index (χ4n) is 1.17. The van der Waals surface area contributed by atoms with Crippen molar-refractivity contribution >= 4 is 21.8 Å². The van der Waals surface area contributed by atoms with Crippen molar-refractivity contribution < 1.29 is 18.0 Å². The van der Waals surface area contributed by atoms with Crippen LogP contribution < -0.4 is 0 Å². The van der Waals surface area contributed by atoms with Crippen LogP contribution in [0.4, 0.5) is 13.2 Å². The quantitative estimate of drug-likeness (QED) is 0.798. The van der Waals surface area contributed by atoms with Gasteiger partial charge in [0.1, 0.15) is 6.54 Å². The van der Waals surface area contributed by atoms with E-state index in [2.05, 4.69) is 26.1 Å². The summed E-state index contributed by atoms with van der Waals surface area (Å²) in [4.78, 5) is 12.5. The van der Waals surface area contributed by atoms with E-state index in [1.807, 2.05) is 0 Å². The molecular formula is C9H9BrF3N3O. The highest BCUT2D eigenvalue weighted by atomic mass is 79.9. The average Bonchev–Trinajstić information content (AvgIpc) is 2.27. The second kappa shape index (κ2) is 5.95. The van der Waals surface area contributed by atoms with Gasteiger partial charge >= 0.3 is 6.18 Å². The van der Waals surface area contributed by atoms with Crippen LogP contribution in [0.3, 0.4) is 0 Å². The summed E-state index contributed by atoms with van der Waals surface area (Å²) in [6.07, 6.45) is -2.02. The molecule has 0 aliphatic heterocycles. The van der Waals surface area contributed by atoms with Crippen molar-refractivity contribution in [1.29, 1.82) is 0 Å². The third kappa shape index (κ3) is 4.68. The minimum Gasteiger partial charge on any atom is -0.329 e. The topological polar surface area (TPSA) is 46.1 Å². The van der Waals surface area contributed by atoms with Crippen molar-refractivity contribution in [3.63, 3.8) is 0 Å². The van der Waals surface area contributed by atoms with Crippen LogP contribution in [-0.4, -0.2) is 45.6 Å². The Morgan fingerprint density at radius 3 is 2.59 bits per heavy atom. The third-order valence-corrected chi connectivity index (χ3v) is 2.20. The zero-order chi connectivity index (χ0) is 12.9. The maximum Gasteiger partial charge on any atom is 0.406 e. The predicted octanol–water partition coefficient (Wildman–Crippen LogP) is 1.88. The van der Waals surface area contributed by atoms with Crippen LogP contribution >= 0.6 is 15.9 Å². The van der Waals surface area contributed by atoms with Gasteiger partial charge in [0.25, 0.3) is 5.91 Å². The summed E-state index contributed by atoms with van der Waals surface area (Å²) in [6, 6.07) is 1.33. The molecule has 0 saturated heterocycles. The Hall–Kier alpha value is -1.18. The van der Waals surface area contributed by atoms with Gasteiger partial charge in [-0.3, -0.25) is 4.79 Å². The monoisotopic (exact) mass is 311 g/mol. The van der Waals surface area contributed by atoms with E-state index in [1.54, 1.807) is 0 Å². The summed E-state index contributed by atoms with van der Waals surface area (Å²) in [6.45, 7) is -1.31. The van der Waals surface area contributed by atoms with E-state index >= 15 is 0 Å². The van der Waals surface area contributed by atoms with E-state index in [0.717, 1.165) is 6.20 Å². The summed E-state index contributed by atoms with van der Waals surface area (Å²) in [5.74, 6) is -0.711. The number of amides is 1. The molecule has 0 spiro atoms. The Labute approximate surface area is 104 Å². The van der Waals surface area contributed by atoms with Gasteiger partial charge in [-0.25, -0.2) is 0 Å². The van der Waals surface area contributed by atoms with E-state index in [4.69, 9.17) is 0 Å². The van der Waals surface area contributed by atoms with E-state index in [-0.39, 0.29) is 17.4 Å². The molecule has 0 radical (unpaired) electrons. The van der Waals surface area contributed by atoms with E-state index in [1.165, 1.54) is 12.3 Å². The SMILES string of the molecule is O=C(c1ccnnc1)N(CCBr)CC(F)(F)F. The van der Waals surface area contributed by atoms with Crippen molar-refractivity contribution in [2.24, 2.45) is 0 Å². The van der Waals surface area contributed by atoms with Crippen molar-refractivity contribution in [2.75, 3.05) is 18.4 Å². The van der Waals surface area contributed by atoms with Gasteiger partial charge in [0.15, 0.2) is 0 Å². The Bertz CT molecular complexity index is 371. The number of halogens is 4. The molecule has 1 rings (SSSR count). The molecule has 0 bridgehead atoms. The van der Waals surface area contributed by atoms with Crippen LogP contribution in [0.15, 0.2) is 18.5 Å². The Kier molecular flexibility index (Phi) is 4.86. The average molecular weight is 312 g/mol. The number of carbonyl (C=O) groups is 1. The lowest BCUT2D eigenvalue weighted by Crippen LogP contribution is -2.40. The summed E-state index contributed by atoms with van der Waals surface area (Å²) in [5.41, 5.74) is 0.0881. The molecule has 8 heteroatoms. The van der Waals surface area contributed by atoms with Gasteiger partial charge in [-0.05, 0) is 6.07 Å². The van der Waals surface area contributed by atoms with Crippen LogP contribution in [0, 0.1) is 0 Å². The number of hydrogen-bond acceptors (Lipinski definition) is 3.